The second kappa shape index (κ2) is 5.44. The first-order valence-electron chi connectivity index (χ1n) is 6.93. The van der Waals surface area contributed by atoms with Crippen LogP contribution in [0, 0.1) is 0 Å². The van der Waals surface area contributed by atoms with Crippen LogP contribution in [0.4, 0.5) is 0 Å². The number of hydrogen-bond acceptors (Lipinski definition) is 4. The molecule has 0 bridgehead atoms. The zero-order valence-electron chi connectivity index (χ0n) is 12.0. The lowest BCUT2D eigenvalue weighted by molar-refractivity contribution is -0.119. The van der Waals surface area contributed by atoms with Gasteiger partial charge in [-0.05, 0) is 6.07 Å². The maximum absolute atomic E-state index is 11.3. The summed E-state index contributed by atoms with van der Waals surface area (Å²) in [5.74, 6) is 0.863. The molecule has 0 saturated carbocycles. The summed E-state index contributed by atoms with van der Waals surface area (Å²) in [6.45, 7) is 4.10. The Kier molecular flexibility index (Phi) is 3.48. The molecule has 0 radical (unpaired) electrons. The molecule has 1 amide bonds. The Balaban J connectivity index is 2.09. The summed E-state index contributed by atoms with van der Waals surface area (Å²) in [5, 5.41) is 4.05. The highest BCUT2D eigenvalue weighted by atomic mass is 16.2. The van der Waals surface area contributed by atoms with Gasteiger partial charge in [-0.3, -0.25) is 4.79 Å². The standard InChI is InChI=1S/C16H16N4O/c1-10(2)16-17-12(11-6-4-3-5-7-11)8-13(18-16)14-9-15(21)20-19-14/h3-8,10H,9H2,1-2H3,(H,20,21). The Labute approximate surface area is 123 Å². The normalized spacial score (nSPS) is 14.2. The predicted molar refractivity (Wildman–Crippen MR) is 80.9 cm³/mol. The van der Waals surface area contributed by atoms with Crippen molar-refractivity contribution in [3.63, 3.8) is 0 Å². The molecule has 106 valence electrons. The summed E-state index contributed by atoms with van der Waals surface area (Å²) in [7, 11) is 0. The van der Waals surface area contributed by atoms with Gasteiger partial charge in [0.2, 0.25) is 5.91 Å². The van der Waals surface area contributed by atoms with E-state index in [2.05, 4.69) is 20.5 Å². The first kappa shape index (κ1) is 13.4. The minimum absolute atomic E-state index is 0.101. The molecule has 1 N–H and O–H groups in total. The molecule has 1 aromatic carbocycles. The van der Waals surface area contributed by atoms with E-state index in [4.69, 9.17) is 0 Å². The average Bonchev–Trinajstić information content (AvgIpc) is 2.94. The lowest BCUT2D eigenvalue weighted by Crippen LogP contribution is -2.10. The predicted octanol–water partition coefficient (Wildman–Crippen LogP) is 2.49. The summed E-state index contributed by atoms with van der Waals surface area (Å²) >= 11 is 0. The van der Waals surface area contributed by atoms with Crippen LogP contribution in [0.5, 0.6) is 0 Å². The number of aromatic nitrogens is 2. The first-order chi connectivity index (χ1) is 10.1. The lowest BCUT2D eigenvalue weighted by Gasteiger charge is -2.10. The molecular weight excluding hydrogens is 264 g/mol. The number of carbonyl (C=O) groups is 1. The van der Waals surface area contributed by atoms with Crippen molar-refractivity contribution in [1.29, 1.82) is 0 Å². The van der Waals surface area contributed by atoms with Crippen molar-refractivity contribution < 1.29 is 4.79 Å². The molecule has 0 fully saturated rings. The van der Waals surface area contributed by atoms with Crippen LogP contribution >= 0.6 is 0 Å². The molecule has 0 aliphatic carbocycles. The second-order valence-electron chi connectivity index (χ2n) is 5.29. The van der Waals surface area contributed by atoms with Crippen molar-refractivity contribution in [2.75, 3.05) is 0 Å². The molecule has 3 rings (SSSR count). The van der Waals surface area contributed by atoms with E-state index in [1.54, 1.807) is 0 Å². The quantitative estimate of drug-likeness (QED) is 0.939. The van der Waals surface area contributed by atoms with Crippen molar-refractivity contribution >= 4 is 11.6 Å². The molecule has 0 unspecified atom stereocenters. The lowest BCUT2D eigenvalue weighted by atomic mass is 10.1. The van der Waals surface area contributed by atoms with Gasteiger partial charge in [0.1, 0.15) is 5.82 Å². The third kappa shape index (κ3) is 2.81. The maximum Gasteiger partial charge on any atom is 0.246 e. The molecular formula is C16H16N4O. The number of nitrogens with one attached hydrogen (secondary N) is 1. The molecule has 2 aromatic rings. The topological polar surface area (TPSA) is 67.2 Å². The van der Waals surface area contributed by atoms with Crippen LogP contribution < -0.4 is 5.43 Å². The van der Waals surface area contributed by atoms with Crippen LogP contribution in [0.15, 0.2) is 41.5 Å². The summed E-state index contributed by atoms with van der Waals surface area (Å²) < 4.78 is 0. The largest absolute Gasteiger partial charge is 0.273 e. The van der Waals surface area contributed by atoms with Crippen LogP contribution in [0.3, 0.4) is 0 Å². The van der Waals surface area contributed by atoms with Crippen molar-refractivity contribution in [3.8, 4) is 11.3 Å². The van der Waals surface area contributed by atoms with E-state index < -0.39 is 0 Å². The number of hydrazone groups is 1. The van der Waals surface area contributed by atoms with Crippen LogP contribution in [-0.2, 0) is 4.79 Å². The van der Waals surface area contributed by atoms with Crippen LogP contribution in [-0.4, -0.2) is 21.6 Å². The Morgan fingerprint density at radius 3 is 2.43 bits per heavy atom. The highest BCUT2D eigenvalue weighted by Crippen LogP contribution is 2.21. The van der Waals surface area contributed by atoms with Crippen molar-refractivity contribution in [3.05, 3.63) is 47.9 Å². The minimum Gasteiger partial charge on any atom is -0.273 e. The van der Waals surface area contributed by atoms with Crippen molar-refractivity contribution in [2.45, 2.75) is 26.2 Å². The molecule has 5 nitrogen and oxygen atoms in total. The fourth-order valence-electron chi connectivity index (χ4n) is 2.14. The van der Waals surface area contributed by atoms with E-state index in [-0.39, 0.29) is 18.2 Å². The van der Waals surface area contributed by atoms with E-state index in [0.29, 0.717) is 11.4 Å². The zero-order chi connectivity index (χ0) is 14.8. The van der Waals surface area contributed by atoms with Gasteiger partial charge in [-0.15, -0.1) is 0 Å². The van der Waals surface area contributed by atoms with E-state index in [9.17, 15) is 4.79 Å². The van der Waals surface area contributed by atoms with Gasteiger partial charge >= 0.3 is 0 Å². The zero-order valence-corrected chi connectivity index (χ0v) is 12.0. The van der Waals surface area contributed by atoms with Gasteiger partial charge in [-0.25, -0.2) is 15.4 Å². The fraction of sp³-hybridized carbons (Fsp3) is 0.250. The smallest absolute Gasteiger partial charge is 0.246 e. The summed E-state index contributed by atoms with van der Waals surface area (Å²) in [5.41, 5.74) is 5.73. The number of carbonyl (C=O) groups excluding carboxylic acids is 1. The van der Waals surface area contributed by atoms with Gasteiger partial charge in [0, 0.05) is 11.5 Å². The van der Waals surface area contributed by atoms with Crippen LogP contribution in [0.2, 0.25) is 0 Å². The molecule has 0 atom stereocenters. The van der Waals surface area contributed by atoms with E-state index >= 15 is 0 Å². The highest BCUT2D eigenvalue weighted by Gasteiger charge is 2.20. The van der Waals surface area contributed by atoms with E-state index in [1.807, 2.05) is 50.2 Å². The molecule has 0 saturated heterocycles. The Bertz CT molecular complexity index is 707. The summed E-state index contributed by atoms with van der Waals surface area (Å²) in [4.78, 5) is 20.5. The number of nitrogens with zero attached hydrogens (tertiary/aromatic N) is 3. The van der Waals surface area contributed by atoms with Crippen LogP contribution in [0.25, 0.3) is 11.3 Å². The number of rotatable bonds is 3. The summed E-state index contributed by atoms with van der Waals surface area (Å²) in [6.07, 6.45) is 0.267. The Morgan fingerprint density at radius 2 is 1.81 bits per heavy atom. The molecule has 21 heavy (non-hydrogen) atoms. The molecule has 0 spiro atoms. The highest BCUT2D eigenvalue weighted by molar-refractivity contribution is 6.12. The maximum atomic E-state index is 11.3. The molecule has 1 aliphatic rings. The van der Waals surface area contributed by atoms with E-state index in [0.717, 1.165) is 17.1 Å². The fourth-order valence-corrected chi connectivity index (χ4v) is 2.14. The third-order valence-electron chi connectivity index (χ3n) is 3.27. The first-order valence-corrected chi connectivity index (χ1v) is 6.93. The van der Waals surface area contributed by atoms with Gasteiger partial charge in [0.15, 0.2) is 0 Å². The van der Waals surface area contributed by atoms with E-state index in [1.165, 1.54) is 0 Å². The van der Waals surface area contributed by atoms with Gasteiger partial charge in [0.05, 0.1) is 23.5 Å². The molecule has 5 heteroatoms. The van der Waals surface area contributed by atoms with Crippen LogP contribution in [0.1, 0.15) is 37.7 Å². The monoisotopic (exact) mass is 280 g/mol. The van der Waals surface area contributed by atoms with Gasteiger partial charge in [0.25, 0.3) is 0 Å². The Hall–Kier alpha value is -2.56. The summed E-state index contributed by atoms with van der Waals surface area (Å²) in [6, 6.07) is 11.8. The minimum atomic E-state index is -0.101. The van der Waals surface area contributed by atoms with Gasteiger partial charge < -0.3 is 0 Å². The van der Waals surface area contributed by atoms with Crippen molar-refractivity contribution in [1.82, 2.24) is 15.4 Å². The number of benzene rings is 1. The second-order valence-corrected chi connectivity index (χ2v) is 5.29. The molecule has 1 aliphatic heterocycles. The molecule has 2 heterocycles. The number of amides is 1. The Morgan fingerprint density at radius 1 is 1.10 bits per heavy atom. The van der Waals surface area contributed by atoms with Gasteiger partial charge in [-0.1, -0.05) is 44.2 Å². The third-order valence-corrected chi connectivity index (χ3v) is 3.27. The number of hydrogen-bond donors (Lipinski definition) is 1. The SMILES string of the molecule is CC(C)c1nc(C2=NNC(=O)C2)cc(-c2ccccc2)n1. The average molecular weight is 280 g/mol. The molecule has 1 aromatic heterocycles. The van der Waals surface area contributed by atoms with Crippen molar-refractivity contribution in [2.24, 2.45) is 5.10 Å². The van der Waals surface area contributed by atoms with Gasteiger partial charge in [-0.2, -0.15) is 5.10 Å².